The molecule has 30 heavy (non-hydrogen) atoms. The zero-order valence-electron chi connectivity index (χ0n) is 16.6. The van der Waals surface area contributed by atoms with Crippen molar-refractivity contribution in [1.82, 2.24) is 19.5 Å². The van der Waals surface area contributed by atoms with E-state index in [1.54, 1.807) is 13.8 Å². The molecule has 0 aliphatic carbocycles. The molecule has 0 atom stereocenters. The van der Waals surface area contributed by atoms with E-state index in [4.69, 9.17) is 0 Å². The first-order valence-corrected chi connectivity index (χ1v) is 10.5. The second kappa shape index (κ2) is 7.05. The molecular weight excluding hydrogens is 419 g/mol. The number of sulfone groups is 1. The predicted octanol–water partition coefficient (Wildman–Crippen LogP) is 3.64. The van der Waals surface area contributed by atoms with Crippen LogP contribution in [0.15, 0.2) is 29.4 Å². The van der Waals surface area contributed by atoms with Gasteiger partial charge in [-0.2, -0.15) is 18.4 Å². The predicted molar refractivity (Wildman–Crippen MR) is 103 cm³/mol. The van der Waals surface area contributed by atoms with Crippen LogP contribution < -0.4 is 0 Å². The number of pyridine rings is 2. The van der Waals surface area contributed by atoms with Gasteiger partial charge in [0, 0.05) is 13.2 Å². The highest BCUT2D eigenvalue weighted by atomic mass is 32.2. The van der Waals surface area contributed by atoms with Gasteiger partial charge in [-0.1, -0.05) is 6.92 Å². The van der Waals surface area contributed by atoms with E-state index in [0.29, 0.717) is 11.1 Å². The minimum absolute atomic E-state index is 0.00148. The number of hydrogen-bond donors (Lipinski definition) is 0. The number of nitrogens with zero attached hydrogens (tertiary/aromatic N) is 5. The fourth-order valence-corrected chi connectivity index (χ4v) is 3.92. The van der Waals surface area contributed by atoms with Crippen molar-refractivity contribution in [3.05, 3.63) is 35.8 Å². The molecule has 0 unspecified atom stereocenters. The molecule has 3 aromatic heterocycles. The molecule has 0 bridgehead atoms. The summed E-state index contributed by atoms with van der Waals surface area (Å²) in [5.74, 6) is -0.138. The number of imidazole rings is 1. The maximum atomic E-state index is 13.0. The number of hydrogen-bond acceptors (Lipinski definition) is 6. The number of fused-ring (bicyclic) bond motifs is 1. The summed E-state index contributed by atoms with van der Waals surface area (Å²) in [6.45, 7) is 4.73. The molecule has 3 rings (SSSR count). The average molecular weight is 437 g/mol. The molecule has 0 aliphatic rings. The van der Waals surface area contributed by atoms with Gasteiger partial charge in [-0.15, -0.1) is 0 Å². The Morgan fingerprint density at radius 3 is 2.40 bits per heavy atom. The minimum Gasteiger partial charge on any atom is -0.324 e. The van der Waals surface area contributed by atoms with Crippen LogP contribution in [-0.4, -0.2) is 33.7 Å². The van der Waals surface area contributed by atoms with Crippen LogP contribution in [0, 0.1) is 11.3 Å². The zero-order chi connectivity index (χ0) is 22.5. The van der Waals surface area contributed by atoms with Crippen molar-refractivity contribution in [2.45, 2.75) is 37.3 Å². The smallest absolute Gasteiger partial charge is 0.324 e. The van der Waals surface area contributed by atoms with Crippen molar-refractivity contribution in [2.75, 3.05) is 5.75 Å². The summed E-state index contributed by atoms with van der Waals surface area (Å²) in [6, 6.07) is 4.28. The molecule has 0 saturated heterocycles. The van der Waals surface area contributed by atoms with Crippen molar-refractivity contribution in [3.63, 3.8) is 0 Å². The van der Waals surface area contributed by atoms with Gasteiger partial charge in [-0.25, -0.2) is 18.4 Å². The molecule has 0 spiro atoms. The number of halogens is 3. The van der Waals surface area contributed by atoms with Crippen LogP contribution >= 0.6 is 0 Å². The quantitative estimate of drug-likeness (QED) is 0.618. The Morgan fingerprint density at radius 2 is 1.83 bits per heavy atom. The lowest BCUT2D eigenvalue weighted by molar-refractivity contribution is -0.141. The third-order valence-electron chi connectivity index (χ3n) is 4.84. The zero-order valence-corrected chi connectivity index (χ0v) is 17.4. The summed E-state index contributed by atoms with van der Waals surface area (Å²) in [4.78, 5) is 11.8. The maximum absolute atomic E-state index is 13.0. The van der Waals surface area contributed by atoms with Crippen molar-refractivity contribution >= 4 is 20.9 Å². The lowest BCUT2D eigenvalue weighted by Gasteiger charge is -2.18. The standard InChI is InChI=1S/C19H18F3N5O2S/c1-5-30(28,29)14-6-11(18(2,3)10-23)8-25-16(14)17-26-12-7-15(19(20,21)22)24-9-13(12)27(17)4/h6-9H,5H2,1-4H3. The number of aryl methyl sites for hydroxylation is 1. The minimum atomic E-state index is -4.63. The molecule has 0 N–H and O–H groups in total. The van der Waals surface area contributed by atoms with E-state index in [0.717, 1.165) is 12.3 Å². The third-order valence-corrected chi connectivity index (χ3v) is 6.58. The van der Waals surface area contributed by atoms with Crippen molar-refractivity contribution in [2.24, 2.45) is 7.05 Å². The van der Waals surface area contributed by atoms with Gasteiger partial charge in [0.2, 0.25) is 0 Å². The molecule has 0 amide bonds. The molecule has 0 aliphatic heterocycles. The van der Waals surface area contributed by atoms with Gasteiger partial charge in [0.1, 0.15) is 11.4 Å². The van der Waals surface area contributed by atoms with Crippen LogP contribution in [0.25, 0.3) is 22.6 Å². The summed E-state index contributed by atoms with van der Waals surface area (Å²) in [5.41, 5.74) is -1.37. The Kier molecular flexibility index (Phi) is 5.10. The Balaban J connectivity index is 2.31. The van der Waals surface area contributed by atoms with Gasteiger partial charge >= 0.3 is 6.18 Å². The number of aromatic nitrogens is 4. The second-order valence-corrected chi connectivity index (χ2v) is 9.51. The lowest BCUT2D eigenvalue weighted by Crippen LogP contribution is -2.17. The van der Waals surface area contributed by atoms with Crippen molar-refractivity contribution in [1.29, 1.82) is 5.26 Å². The van der Waals surface area contributed by atoms with Crippen LogP contribution in [0.1, 0.15) is 32.0 Å². The van der Waals surface area contributed by atoms with E-state index >= 15 is 0 Å². The Morgan fingerprint density at radius 1 is 1.17 bits per heavy atom. The molecule has 7 nitrogen and oxygen atoms in total. The van der Waals surface area contributed by atoms with Crippen LogP contribution in [0.5, 0.6) is 0 Å². The van der Waals surface area contributed by atoms with Crippen LogP contribution in [0.2, 0.25) is 0 Å². The largest absolute Gasteiger partial charge is 0.433 e. The Labute approximate surface area is 171 Å². The van der Waals surface area contributed by atoms with Gasteiger partial charge < -0.3 is 4.57 Å². The van der Waals surface area contributed by atoms with Gasteiger partial charge in [0.25, 0.3) is 0 Å². The average Bonchev–Trinajstić information content (AvgIpc) is 3.02. The topological polar surface area (TPSA) is 102 Å². The third kappa shape index (κ3) is 3.63. The number of nitriles is 1. The van der Waals surface area contributed by atoms with Gasteiger partial charge in [0.05, 0.1) is 39.4 Å². The van der Waals surface area contributed by atoms with E-state index in [2.05, 4.69) is 21.0 Å². The van der Waals surface area contributed by atoms with Gasteiger partial charge in [0.15, 0.2) is 15.7 Å². The summed E-state index contributed by atoms with van der Waals surface area (Å²) in [7, 11) is -2.24. The Hall–Kier alpha value is -3.00. The molecule has 0 radical (unpaired) electrons. The normalized spacial score (nSPS) is 12.9. The molecule has 158 valence electrons. The Bertz CT molecular complexity index is 1290. The number of alkyl halides is 3. The maximum Gasteiger partial charge on any atom is 0.433 e. The highest BCUT2D eigenvalue weighted by Crippen LogP contribution is 2.34. The molecule has 0 aromatic carbocycles. The lowest BCUT2D eigenvalue weighted by atomic mass is 9.87. The summed E-state index contributed by atoms with van der Waals surface area (Å²) >= 11 is 0. The van der Waals surface area contributed by atoms with E-state index in [-0.39, 0.29) is 27.7 Å². The van der Waals surface area contributed by atoms with Crippen LogP contribution in [-0.2, 0) is 28.5 Å². The fraction of sp³-hybridized carbons (Fsp3) is 0.368. The first kappa shape index (κ1) is 21.7. The summed E-state index contributed by atoms with van der Waals surface area (Å²) < 4.78 is 65.9. The van der Waals surface area contributed by atoms with E-state index in [9.17, 15) is 26.9 Å². The number of rotatable bonds is 4. The van der Waals surface area contributed by atoms with Crippen LogP contribution in [0.3, 0.4) is 0 Å². The first-order chi connectivity index (χ1) is 13.8. The fourth-order valence-electron chi connectivity index (χ4n) is 2.87. The van der Waals surface area contributed by atoms with Gasteiger partial charge in [-0.3, -0.25) is 4.98 Å². The highest BCUT2D eigenvalue weighted by Gasteiger charge is 2.33. The first-order valence-electron chi connectivity index (χ1n) is 8.86. The van der Waals surface area contributed by atoms with Crippen LogP contribution in [0.4, 0.5) is 13.2 Å². The molecule has 11 heteroatoms. The van der Waals surface area contributed by atoms with E-state index in [1.165, 1.54) is 30.8 Å². The van der Waals surface area contributed by atoms with Crippen molar-refractivity contribution in [3.8, 4) is 17.6 Å². The van der Waals surface area contributed by atoms with E-state index in [1.807, 2.05) is 0 Å². The molecular formula is C19H18F3N5O2S. The SMILES string of the molecule is CCS(=O)(=O)c1cc(C(C)(C)C#N)cnc1-c1nc2cc(C(F)(F)F)ncc2n1C. The summed E-state index contributed by atoms with van der Waals surface area (Å²) in [5, 5.41) is 9.37. The molecule has 0 fully saturated rings. The second-order valence-electron chi connectivity index (χ2n) is 7.26. The summed E-state index contributed by atoms with van der Waals surface area (Å²) in [6.07, 6.45) is -2.22. The monoisotopic (exact) mass is 437 g/mol. The van der Waals surface area contributed by atoms with E-state index < -0.39 is 27.1 Å². The molecule has 3 aromatic rings. The van der Waals surface area contributed by atoms with Crippen molar-refractivity contribution < 1.29 is 21.6 Å². The van der Waals surface area contributed by atoms with Gasteiger partial charge in [-0.05, 0) is 31.5 Å². The highest BCUT2D eigenvalue weighted by molar-refractivity contribution is 7.91. The molecule has 3 heterocycles. The molecule has 0 saturated carbocycles.